The first-order valence-electron chi connectivity index (χ1n) is 21.7. The lowest BCUT2D eigenvalue weighted by Crippen LogP contribution is -2.55. The van der Waals surface area contributed by atoms with Gasteiger partial charge in [0, 0.05) is 27.1 Å². The van der Waals surface area contributed by atoms with Crippen molar-refractivity contribution in [2.24, 2.45) is 17.8 Å². The van der Waals surface area contributed by atoms with E-state index < -0.39 is 102 Å². The number of carboxylic acids is 1. The van der Waals surface area contributed by atoms with Gasteiger partial charge in [-0.3, -0.25) is 19.2 Å². The Hall–Kier alpha value is -5.06. The van der Waals surface area contributed by atoms with Crippen LogP contribution in [0.1, 0.15) is 106 Å². The molecular formula is C45H70N4O13. The van der Waals surface area contributed by atoms with E-state index in [2.05, 4.69) is 5.32 Å². The van der Waals surface area contributed by atoms with E-state index in [1.807, 2.05) is 34.6 Å². The molecular weight excluding hydrogens is 805 g/mol. The second-order valence-corrected chi connectivity index (χ2v) is 16.8. The first kappa shape index (κ1) is 53.1. The number of amides is 3. The van der Waals surface area contributed by atoms with Gasteiger partial charge >= 0.3 is 29.8 Å². The van der Waals surface area contributed by atoms with Crippen molar-refractivity contribution in [3.63, 3.8) is 0 Å². The zero-order valence-electron chi connectivity index (χ0n) is 38.6. The quantitative estimate of drug-likeness (QED) is 0.118. The summed E-state index contributed by atoms with van der Waals surface area (Å²) in [5, 5.41) is 12.2. The molecule has 62 heavy (non-hydrogen) atoms. The molecule has 0 saturated carbocycles. The van der Waals surface area contributed by atoms with Gasteiger partial charge in [0.1, 0.15) is 24.2 Å². The molecule has 348 valence electrons. The third kappa shape index (κ3) is 14.8. The summed E-state index contributed by atoms with van der Waals surface area (Å²) < 4.78 is 22.4. The number of ether oxygens (including phenoxy) is 4. The second kappa shape index (κ2) is 25.1. The summed E-state index contributed by atoms with van der Waals surface area (Å²) in [7, 11) is 4.40. The summed E-state index contributed by atoms with van der Waals surface area (Å²) in [5.74, 6) is -7.32. The van der Waals surface area contributed by atoms with Gasteiger partial charge in [-0.05, 0) is 76.8 Å². The van der Waals surface area contributed by atoms with E-state index in [0.717, 1.165) is 9.80 Å². The molecule has 0 bridgehead atoms. The topological polar surface area (TPSA) is 215 Å². The lowest BCUT2D eigenvalue weighted by molar-refractivity contribution is -0.176. The van der Waals surface area contributed by atoms with Crippen LogP contribution in [0.2, 0.25) is 0 Å². The molecule has 0 spiro atoms. The number of rotatable bonds is 23. The van der Waals surface area contributed by atoms with Gasteiger partial charge in [-0.25, -0.2) is 19.2 Å². The number of nitrogens with one attached hydrogen (secondary N) is 1. The molecule has 2 N–H and O–H groups in total. The van der Waals surface area contributed by atoms with E-state index in [4.69, 9.17) is 18.9 Å². The molecule has 17 nitrogen and oxygen atoms in total. The van der Waals surface area contributed by atoms with Gasteiger partial charge < -0.3 is 44.1 Å². The van der Waals surface area contributed by atoms with Crippen molar-refractivity contribution in [3.8, 4) is 0 Å². The monoisotopic (exact) mass is 874 g/mol. The maximum absolute atomic E-state index is 14.3. The van der Waals surface area contributed by atoms with Gasteiger partial charge in [0.15, 0.2) is 24.4 Å². The molecule has 10 atom stereocenters. The van der Waals surface area contributed by atoms with E-state index in [0.29, 0.717) is 31.2 Å². The molecule has 1 aliphatic rings. The number of carboxylic acid groups (broad SMARTS) is 1. The van der Waals surface area contributed by atoms with Gasteiger partial charge in [0.05, 0.1) is 0 Å². The Balaban J connectivity index is 2.35. The number of carbonyl (C=O) groups is 8. The van der Waals surface area contributed by atoms with Gasteiger partial charge in [-0.2, -0.15) is 0 Å². The van der Waals surface area contributed by atoms with E-state index in [9.17, 15) is 43.5 Å². The van der Waals surface area contributed by atoms with Crippen LogP contribution in [0.4, 0.5) is 0 Å². The summed E-state index contributed by atoms with van der Waals surface area (Å²) in [4.78, 5) is 111. The van der Waals surface area contributed by atoms with Crippen LogP contribution >= 0.6 is 0 Å². The van der Waals surface area contributed by atoms with Crippen LogP contribution in [-0.2, 0) is 63.7 Å². The molecule has 1 aromatic rings. The van der Waals surface area contributed by atoms with E-state index in [1.54, 1.807) is 44.3 Å². The average molecular weight is 875 g/mol. The van der Waals surface area contributed by atoms with Gasteiger partial charge in [-0.15, -0.1) is 0 Å². The standard InChI is InChI=1S/C45H70N4O13/c1-13-27(5)36(46-10)44(57)59-30(8)39(51)48(12)37(28(6)14-2)45(58)60-29(7)38(50)47(11)34(24-26(3)4)43(56)62-35(25-32-20-16-15-17-21-32)40(52)49-23-19-18-22-33(49)42(55)61-31(9)41(53)54/h15-17,20-21,26-31,33-37,46H,13-14,18-19,22-25H2,1-12H3,(H,53,54)/t27-,28-,29+,30+,31+,33-,34-,35+,36-,37-/m0/s1. The van der Waals surface area contributed by atoms with Gasteiger partial charge in [0.25, 0.3) is 17.7 Å². The zero-order valence-corrected chi connectivity index (χ0v) is 38.6. The predicted octanol–water partition coefficient (Wildman–Crippen LogP) is 3.78. The third-order valence-corrected chi connectivity index (χ3v) is 11.5. The Kier molecular flexibility index (Phi) is 21.5. The summed E-state index contributed by atoms with van der Waals surface area (Å²) in [6.45, 7) is 15.2. The second-order valence-electron chi connectivity index (χ2n) is 16.8. The predicted molar refractivity (Wildman–Crippen MR) is 228 cm³/mol. The lowest BCUT2D eigenvalue weighted by Gasteiger charge is -2.37. The molecule has 0 aliphatic carbocycles. The van der Waals surface area contributed by atoms with Gasteiger partial charge in [-0.1, -0.05) is 84.7 Å². The van der Waals surface area contributed by atoms with Crippen molar-refractivity contribution < 1.29 is 62.4 Å². The first-order chi connectivity index (χ1) is 29.1. The van der Waals surface area contributed by atoms with Crippen molar-refractivity contribution >= 4 is 47.6 Å². The Morgan fingerprint density at radius 1 is 0.742 bits per heavy atom. The van der Waals surface area contributed by atoms with Crippen LogP contribution in [0.3, 0.4) is 0 Å². The molecule has 1 heterocycles. The minimum Gasteiger partial charge on any atom is -0.479 e. The Labute approximate surface area is 366 Å². The minimum absolute atomic E-state index is 0.0605. The van der Waals surface area contributed by atoms with E-state index in [1.165, 1.54) is 39.8 Å². The SMILES string of the molecule is CC[C@H](C)[C@H](NC)C(=O)O[C@H](C)C(=O)N(C)[C@H](C(=O)O[C@H](C)C(=O)N(C)[C@@H](CC(C)C)C(=O)O[C@H](Cc1ccccc1)C(=O)N1CCCC[C@H]1C(=O)O[C@H](C)C(=O)O)[C@@H](C)CC. The third-order valence-electron chi connectivity index (χ3n) is 11.5. The van der Waals surface area contributed by atoms with Crippen LogP contribution in [-0.4, -0.2) is 144 Å². The summed E-state index contributed by atoms with van der Waals surface area (Å²) in [6, 6.07) is 4.66. The summed E-state index contributed by atoms with van der Waals surface area (Å²) >= 11 is 0. The normalized spacial score (nSPS) is 18.3. The smallest absolute Gasteiger partial charge is 0.344 e. The van der Waals surface area contributed by atoms with E-state index in [-0.39, 0.29) is 37.6 Å². The molecule has 17 heteroatoms. The first-order valence-corrected chi connectivity index (χ1v) is 21.7. The highest BCUT2D eigenvalue weighted by Crippen LogP contribution is 2.24. The average Bonchev–Trinajstić information content (AvgIpc) is 3.24. The molecule has 1 aromatic carbocycles. The largest absolute Gasteiger partial charge is 0.479 e. The van der Waals surface area contributed by atoms with Gasteiger partial charge in [0.2, 0.25) is 0 Å². The Morgan fingerprint density at radius 2 is 1.31 bits per heavy atom. The fraction of sp³-hybridized carbons (Fsp3) is 0.689. The number of hydrogen-bond donors (Lipinski definition) is 2. The van der Waals surface area contributed by atoms with Crippen LogP contribution < -0.4 is 5.32 Å². The molecule has 1 fully saturated rings. The zero-order chi connectivity index (χ0) is 47.0. The van der Waals surface area contributed by atoms with Crippen LogP contribution in [0, 0.1) is 17.8 Å². The van der Waals surface area contributed by atoms with E-state index >= 15 is 0 Å². The molecule has 0 aromatic heterocycles. The minimum atomic E-state index is -1.44. The molecule has 0 radical (unpaired) electrons. The van der Waals surface area contributed by atoms with Crippen molar-refractivity contribution in [1.29, 1.82) is 0 Å². The van der Waals surface area contributed by atoms with Crippen molar-refractivity contribution in [1.82, 2.24) is 20.0 Å². The number of likely N-dealkylation sites (tertiary alicyclic amines) is 1. The molecule has 1 saturated heterocycles. The van der Waals surface area contributed by atoms with Crippen LogP contribution in [0.15, 0.2) is 30.3 Å². The van der Waals surface area contributed by atoms with Crippen molar-refractivity contribution in [3.05, 3.63) is 35.9 Å². The Morgan fingerprint density at radius 3 is 1.84 bits per heavy atom. The number of likely N-dealkylation sites (N-methyl/N-ethyl adjacent to an activating group) is 3. The molecule has 2 rings (SSSR count). The number of benzene rings is 1. The maximum atomic E-state index is 14.3. The number of nitrogens with zero attached hydrogens (tertiary/aromatic N) is 3. The Bertz CT molecular complexity index is 1690. The number of piperidine rings is 1. The lowest BCUT2D eigenvalue weighted by atomic mass is 9.97. The number of hydrogen-bond acceptors (Lipinski definition) is 13. The summed E-state index contributed by atoms with van der Waals surface area (Å²) in [5.41, 5.74) is 0.653. The van der Waals surface area contributed by atoms with Crippen molar-refractivity contribution in [2.45, 2.75) is 156 Å². The molecule has 0 unspecified atom stereocenters. The van der Waals surface area contributed by atoms with Crippen molar-refractivity contribution in [2.75, 3.05) is 27.7 Å². The highest BCUT2D eigenvalue weighted by Gasteiger charge is 2.42. The number of aliphatic carboxylic acids is 1. The molecule has 3 amide bonds. The van der Waals surface area contributed by atoms with Crippen LogP contribution in [0.5, 0.6) is 0 Å². The fourth-order valence-corrected chi connectivity index (χ4v) is 7.34. The maximum Gasteiger partial charge on any atom is 0.344 e. The fourth-order valence-electron chi connectivity index (χ4n) is 7.34. The van der Waals surface area contributed by atoms with Crippen LogP contribution in [0.25, 0.3) is 0 Å². The highest BCUT2D eigenvalue weighted by atomic mass is 16.6. The summed E-state index contributed by atoms with van der Waals surface area (Å²) in [6.07, 6.45) is -3.00. The number of carbonyl (C=O) groups excluding carboxylic acids is 7. The molecule has 1 aliphatic heterocycles. The highest BCUT2D eigenvalue weighted by molar-refractivity contribution is 5.93. The number of esters is 4.